The van der Waals surface area contributed by atoms with E-state index in [1.54, 1.807) is 21.1 Å². The number of carboxylic acids is 2. The maximum absolute atomic E-state index is 13.1. The molecule has 4 atom stereocenters. The standard InChI is InChI=1S/C22H30N2O10/c1-23(2,3)11-14(26)18(19(30)31)13(25)7-8-16(28)22(20(32)33)17(29)10-9-15(27)21(22,34)12-24(4,5)6/h7-10,14,18,26,34H,11-12H2,1-6H3/p+2/b8-7+. The number of aliphatic hydroxyl groups excluding tert-OH is 1. The number of aliphatic carboxylic acids is 2. The minimum absolute atomic E-state index is 0.115. The smallest absolute Gasteiger partial charge is 0.329 e. The molecule has 188 valence electrons. The highest BCUT2D eigenvalue weighted by Crippen LogP contribution is 2.40. The Morgan fingerprint density at radius 2 is 1.41 bits per heavy atom. The number of nitrogens with zero attached hydrogens (tertiary/aromatic N) is 2. The zero-order valence-electron chi connectivity index (χ0n) is 20.0. The number of carboxylic acid groups (broad SMARTS) is 2. The van der Waals surface area contributed by atoms with E-state index in [0.29, 0.717) is 24.3 Å². The van der Waals surface area contributed by atoms with Gasteiger partial charge in [-0.25, -0.2) is 0 Å². The number of carbonyl (C=O) groups excluding carboxylic acids is 4. The van der Waals surface area contributed by atoms with E-state index >= 15 is 0 Å². The normalized spacial score (nSPS) is 25.3. The van der Waals surface area contributed by atoms with Crippen LogP contribution in [-0.2, 0) is 28.8 Å². The van der Waals surface area contributed by atoms with Gasteiger partial charge in [-0.15, -0.1) is 0 Å². The molecule has 12 heteroatoms. The highest BCUT2D eigenvalue weighted by Gasteiger charge is 2.71. The lowest BCUT2D eigenvalue weighted by Crippen LogP contribution is -2.71. The first-order valence-electron chi connectivity index (χ1n) is 10.2. The molecule has 1 rings (SSSR count). The quantitative estimate of drug-likeness (QED) is 0.141. The van der Waals surface area contributed by atoms with Crippen molar-refractivity contribution >= 4 is 35.1 Å². The van der Waals surface area contributed by atoms with E-state index in [4.69, 9.17) is 0 Å². The number of allylic oxidation sites excluding steroid dienone is 3. The third kappa shape index (κ3) is 5.70. The summed E-state index contributed by atoms with van der Waals surface area (Å²) < 4.78 is -0.0866. The summed E-state index contributed by atoms with van der Waals surface area (Å²) in [6.07, 6.45) is 0.403. The van der Waals surface area contributed by atoms with Crippen LogP contribution in [0, 0.1) is 11.3 Å². The van der Waals surface area contributed by atoms with Crippen molar-refractivity contribution in [3.63, 3.8) is 0 Å². The summed E-state index contributed by atoms with van der Waals surface area (Å²) in [5.41, 5.74) is -6.27. The van der Waals surface area contributed by atoms with Gasteiger partial charge in [0.15, 0.2) is 29.1 Å². The molecule has 1 aliphatic carbocycles. The molecule has 0 amide bonds. The number of carbonyl (C=O) groups is 6. The number of ketones is 4. The fourth-order valence-electron chi connectivity index (χ4n) is 3.93. The fraction of sp³-hybridized carbons (Fsp3) is 0.545. The van der Waals surface area contributed by atoms with E-state index in [1.807, 2.05) is 0 Å². The molecule has 4 unspecified atom stereocenters. The van der Waals surface area contributed by atoms with Gasteiger partial charge in [0.25, 0.3) is 0 Å². The van der Waals surface area contributed by atoms with E-state index in [0.717, 1.165) is 0 Å². The second-order valence-electron chi connectivity index (χ2n) is 10.4. The zero-order valence-corrected chi connectivity index (χ0v) is 20.0. The van der Waals surface area contributed by atoms with Crippen molar-refractivity contribution in [2.24, 2.45) is 11.3 Å². The van der Waals surface area contributed by atoms with Crippen LogP contribution in [0.15, 0.2) is 24.3 Å². The number of quaternary nitrogens is 2. The van der Waals surface area contributed by atoms with Crippen molar-refractivity contribution in [1.82, 2.24) is 0 Å². The summed E-state index contributed by atoms with van der Waals surface area (Å²) in [5, 5.41) is 40.7. The molecule has 0 fully saturated rings. The van der Waals surface area contributed by atoms with Crippen LogP contribution in [-0.4, -0.2) is 132 Å². The first-order valence-corrected chi connectivity index (χ1v) is 10.2. The lowest BCUT2D eigenvalue weighted by molar-refractivity contribution is -0.876. The van der Waals surface area contributed by atoms with Gasteiger partial charge in [-0.2, -0.15) is 0 Å². The Hall–Kier alpha value is -3.06. The second kappa shape index (κ2) is 9.66. The average Bonchev–Trinajstić information content (AvgIpc) is 2.60. The van der Waals surface area contributed by atoms with Crippen LogP contribution < -0.4 is 0 Å². The topological polar surface area (TPSA) is 183 Å². The minimum Gasteiger partial charge on any atom is -0.481 e. The van der Waals surface area contributed by atoms with Crippen molar-refractivity contribution < 1.29 is 58.2 Å². The molecule has 0 saturated heterocycles. The Balaban J connectivity index is 3.53. The molecule has 0 saturated carbocycles. The maximum atomic E-state index is 13.1. The van der Waals surface area contributed by atoms with E-state index in [1.165, 1.54) is 21.1 Å². The van der Waals surface area contributed by atoms with E-state index in [9.17, 15) is 49.2 Å². The van der Waals surface area contributed by atoms with E-state index in [-0.39, 0.29) is 15.5 Å². The number of hydrogen-bond acceptors (Lipinski definition) is 8. The summed E-state index contributed by atoms with van der Waals surface area (Å²) in [6.45, 7) is -0.772. The van der Waals surface area contributed by atoms with Crippen molar-refractivity contribution in [2.45, 2.75) is 11.7 Å². The van der Waals surface area contributed by atoms with Crippen LogP contribution in [0.1, 0.15) is 0 Å². The lowest BCUT2D eigenvalue weighted by Gasteiger charge is -2.43. The van der Waals surface area contributed by atoms with Gasteiger partial charge in [0.1, 0.15) is 19.2 Å². The van der Waals surface area contributed by atoms with E-state index in [2.05, 4.69) is 0 Å². The Labute approximate surface area is 196 Å². The first kappa shape index (κ1) is 29.0. The van der Waals surface area contributed by atoms with Gasteiger partial charge in [-0.1, -0.05) is 0 Å². The van der Waals surface area contributed by atoms with Gasteiger partial charge in [-0.3, -0.25) is 28.8 Å². The maximum Gasteiger partial charge on any atom is 0.329 e. The number of likely N-dealkylation sites (N-methyl/N-ethyl adjacent to an activating group) is 2. The fourth-order valence-corrected chi connectivity index (χ4v) is 3.93. The molecule has 0 heterocycles. The van der Waals surface area contributed by atoms with Gasteiger partial charge >= 0.3 is 11.9 Å². The molecule has 0 aromatic rings. The molecular weight excluding hydrogens is 452 g/mol. The number of hydrogen-bond donors (Lipinski definition) is 4. The SMILES string of the molecule is C[N+](C)(C)CC(O)C(C(=O)O)C(=O)/C=C/C(=O)C1(C(=O)O)C(=O)C=CC(=O)C1(O)C[N+](C)(C)C. The highest BCUT2D eigenvalue weighted by atomic mass is 16.4. The zero-order chi connectivity index (χ0) is 26.9. The molecule has 0 aliphatic heterocycles. The van der Waals surface area contributed by atoms with Gasteiger partial charge < -0.3 is 29.4 Å². The van der Waals surface area contributed by atoms with Gasteiger partial charge in [0.2, 0.25) is 11.0 Å². The Morgan fingerprint density at radius 3 is 1.82 bits per heavy atom. The summed E-state index contributed by atoms with van der Waals surface area (Å²) in [5.74, 6) is -11.1. The van der Waals surface area contributed by atoms with E-state index < -0.39 is 64.7 Å². The molecule has 0 bridgehead atoms. The predicted molar refractivity (Wildman–Crippen MR) is 116 cm³/mol. The van der Waals surface area contributed by atoms with Crippen LogP contribution in [0.25, 0.3) is 0 Å². The average molecular weight is 485 g/mol. The highest BCUT2D eigenvalue weighted by molar-refractivity contribution is 6.35. The molecule has 12 nitrogen and oxygen atoms in total. The van der Waals surface area contributed by atoms with Gasteiger partial charge in [0, 0.05) is 0 Å². The summed E-state index contributed by atoms with van der Waals surface area (Å²) in [6, 6.07) is 0. The van der Waals surface area contributed by atoms with Crippen LogP contribution in [0.5, 0.6) is 0 Å². The van der Waals surface area contributed by atoms with Crippen molar-refractivity contribution in [3.8, 4) is 0 Å². The second-order valence-corrected chi connectivity index (χ2v) is 10.4. The van der Waals surface area contributed by atoms with Crippen LogP contribution in [0.3, 0.4) is 0 Å². The van der Waals surface area contributed by atoms with Crippen LogP contribution >= 0.6 is 0 Å². The molecule has 0 aromatic carbocycles. The van der Waals surface area contributed by atoms with Crippen molar-refractivity contribution in [1.29, 1.82) is 0 Å². The Morgan fingerprint density at radius 1 is 0.912 bits per heavy atom. The minimum atomic E-state index is -3.29. The van der Waals surface area contributed by atoms with Crippen molar-refractivity contribution in [2.75, 3.05) is 55.4 Å². The van der Waals surface area contributed by atoms with Gasteiger partial charge in [0.05, 0.1) is 42.3 Å². The Kier molecular flexibility index (Phi) is 8.23. The number of rotatable bonds is 11. The molecule has 1 aliphatic rings. The van der Waals surface area contributed by atoms with Gasteiger partial charge in [-0.05, 0) is 24.3 Å². The monoisotopic (exact) mass is 484 g/mol. The third-order valence-electron chi connectivity index (χ3n) is 5.27. The van der Waals surface area contributed by atoms with Crippen LogP contribution in [0.2, 0.25) is 0 Å². The van der Waals surface area contributed by atoms with Crippen LogP contribution in [0.4, 0.5) is 0 Å². The number of aliphatic hydroxyl groups is 2. The molecule has 4 N–H and O–H groups in total. The first-order chi connectivity index (χ1) is 15.2. The molecule has 0 spiro atoms. The Bertz CT molecular complexity index is 969. The molecule has 0 aromatic heterocycles. The lowest BCUT2D eigenvalue weighted by atomic mass is 9.61. The van der Waals surface area contributed by atoms with Crippen molar-refractivity contribution in [3.05, 3.63) is 24.3 Å². The summed E-state index contributed by atoms with van der Waals surface area (Å²) in [7, 11) is 9.44. The molecule has 0 radical (unpaired) electrons. The largest absolute Gasteiger partial charge is 0.481 e. The summed E-state index contributed by atoms with van der Waals surface area (Å²) >= 11 is 0. The third-order valence-corrected chi connectivity index (χ3v) is 5.27. The summed E-state index contributed by atoms with van der Waals surface area (Å²) in [4.78, 5) is 74.9. The predicted octanol–water partition coefficient (Wildman–Crippen LogP) is -2.33. The molecule has 34 heavy (non-hydrogen) atoms. The molecular formula is C22H32N2O10+2.